The molecule has 1 aliphatic heterocycles. The van der Waals surface area contributed by atoms with E-state index in [0.29, 0.717) is 12.5 Å². The molecule has 1 aliphatic rings. The average molecular weight is 315 g/mol. The molecule has 0 radical (unpaired) electrons. The smallest absolute Gasteiger partial charge is 0.220 e. The van der Waals surface area contributed by atoms with Crippen molar-refractivity contribution in [2.75, 3.05) is 6.61 Å². The molecule has 24 heavy (non-hydrogen) atoms. The van der Waals surface area contributed by atoms with Gasteiger partial charge in [-0.3, -0.25) is 0 Å². The summed E-state index contributed by atoms with van der Waals surface area (Å²) in [7, 11) is 0. The van der Waals surface area contributed by atoms with Crippen molar-refractivity contribution in [1.82, 2.24) is 0 Å². The van der Waals surface area contributed by atoms with Gasteiger partial charge < -0.3 is 9.47 Å². The number of para-hydroxylation sites is 2. The van der Waals surface area contributed by atoms with Crippen molar-refractivity contribution in [3.8, 4) is 11.5 Å². The van der Waals surface area contributed by atoms with Gasteiger partial charge in [0.15, 0.2) is 0 Å². The number of aliphatic imine (C=N–C) groups is 1. The van der Waals surface area contributed by atoms with E-state index in [-0.39, 0.29) is 6.04 Å². The summed E-state index contributed by atoms with van der Waals surface area (Å²) in [5.74, 6) is 2.18. The first-order valence-electron chi connectivity index (χ1n) is 7.98. The molecule has 1 unspecified atom stereocenters. The fraction of sp³-hybridized carbons (Fsp3) is 0.0952. The molecule has 0 aromatic heterocycles. The molecular weight excluding hydrogens is 298 g/mol. The molecule has 1 atom stereocenters. The minimum Gasteiger partial charge on any atom is -0.475 e. The Labute approximate surface area is 141 Å². The molecule has 3 nitrogen and oxygen atoms in total. The molecule has 0 aliphatic carbocycles. The van der Waals surface area contributed by atoms with Gasteiger partial charge in [0, 0.05) is 0 Å². The normalized spacial score (nSPS) is 16.3. The molecule has 4 rings (SSSR count). The molecule has 3 heteroatoms. The van der Waals surface area contributed by atoms with Crippen LogP contribution in [0.3, 0.4) is 0 Å². The molecule has 0 bridgehead atoms. The van der Waals surface area contributed by atoms with Crippen molar-refractivity contribution in [2.24, 2.45) is 4.99 Å². The highest BCUT2D eigenvalue weighted by atomic mass is 16.5. The summed E-state index contributed by atoms with van der Waals surface area (Å²) < 4.78 is 11.9. The Morgan fingerprint density at radius 3 is 2.25 bits per heavy atom. The average Bonchev–Trinajstić information content (AvgIpc) is 3.14. The lowest BCUT2D eigenvalue weighted by atomic mass is 10.1. The third-order valence-electron chi connectivity index (χ3n) is 3.92. The highest BCUT2D eigenvalue weighted by Crippen LogP contribution is 2.30. The topological polar surface area (TPSA) is 30.8 Å². The molecule has 0 spiro atoms. The molecule has 118 valence electrons. The highest BCUT2D eigenvalue weighted by Gasteiger charge is 2.23. The zero-order valence-electron chi connectivity index (χ0n) is 13.1. The second kappa shape index (κ2) is 6.59. The Bertz CT molecular complexity index is 844. The molecular formula is C21H17NO2. The Morgan fingerprint density at radius 2 is 1.46 bits per heavy atom. The quantitative estimate of drug-likeness (QED) is 0.678. The van der Waals surface area contributed by atoms with E-state index in [2.05, 4.69) is 12.1 Å². The molecule has 0 saturated heterocycles. The van der Waals surface area contributed by atoms with Gasteiger partial charge in [0.1, 0.15) is 24.1 Å². The number of hydrogen-bond donors (Lipinski definition) is 0. The minimum absolute atomic E-state index is 0.0333. The maximum absolute atomic E-state index is 6.00. The van der Waals surface area contributed by atoms with Crippen molar-refractivity contribution in [3.05, 3.63) is 96.1 Å². The van der Waals surface area contributed by atoms with Gasteiger partial charge in [-0.05, 0) is 29.8 Å². The fourth-order valence-electron chi connectivity index (χ4n) is 2.72. The van der Waals surface area contributed by atoms with Crippen LogP contribution in [0, 0.1) is 0 Å². The van der Waals surface area contributed by atoms with Gasteiger partial charge in [0.2, 0.25) is 5.90 Å². The number of benzene rings is 3. The van der Waals surface area contributed by atoms with Crippen LogP contribution in [-0.4, -0.2) is 12.5 Å². The Balaban J connectivity index is 1.63. The SMILES string of the molecule is c1ccc(Oc2ccccc2C2=NC(c3ccccc3)CO2)cc1. The van der Waals surface area contributed by atoms with Crippen molar-refractivity contribution in [1.29, 1.82) is 0 Å². The first kappa shape index (κ1) is 14.5. The summed E-state index contributed by atoms with van der Waals surface area (Å²) in [6.07, 6.45) is 0. The van der Waals surface area contributed by atoms with Gasteiger partial charge in [-0.1, -0.05) is 60.7 Å². The van der Waals surface area contributed by atoms with E-state index in [9.17, 15) is 0 Å². The zero-order valence-corrected chi connectivity index (χ0v) is 13.1. The van der Waals surface area contributed by atoms with Gasteiger partial charge in [0.25, 0.3) is 0 Å². The van der Waals surface area contributed by atoms with Crippen LogP contribution in [0.25, 0.3) is 0 Å². The van der Waals surface area contributed by atoms with E-state index in [0.717, 1.165) is 22.6 Å². The van der Waals surface area contributed by atoms with Crippen LogP contribution in [0.15, 0.2) is 89.9 Å². The number of rotatable bonds is 4. The van der Waals surface area contributed by atoms with Gasteiger partial charge in [-0.25, -0.2) is 4.99 Å². The first-order chi connectivity index (χ1) is 11.9. The van der Waals surface area contributed by atoms with Crippen LogP contribution in [0.4, 0.5) is 0 Å². The Morgan fingerprint density at radius 1 is 0.792 bits per heavy atom. The number of nitrogens with zero attached hydrogens (tertiary/aromatic N) is 1. The highest BCUT2D eigenvalue weighted by molar-refractivity contribution is 5.98. The molecule has 0 saturated carbocycles. The van der Waals surface area contributed by atoms with Crippen molar-refractivity contribution < 1.29 is 9.47 Å². The second-order valence-corrected chi connectivity index (χ2v) is 5.58. The molecule has 1 heterocycles. The summed E-state index contributed by atoms with van der Waals surface area (Å²) in [6.45, 7) is 0.555. The lowest BCUT2D eigenvalue weighted by Crippen LogP contribution is -2.03. The van der Waals surface area contributed by atoms with Crippen LogP contribution in [0.5, 0.6) is 11.5 Å². The molecule has 3 aromatic rings. The summed E-state index contributed by atoms with van der Waals surface area (Å²) in [5.41, 5.74) is 2.04. The van der Waals surface area contributed by atoms with E-state index >= 15 is 0 Å². The lowest BCUT2D eigenvalue weighted by Gasteiger charge is -2.10. The molecule has 0 N–H and O–H groups in total. The van der Waals surface area contributed by atoms with Crippen LogP contribution in [0.1, 0.15) is 17.2 Å². The van der Waals surface area contributed by atoms with E-state index in [1.807, 2.05) is 72.8 Å². The first-order valence-corrected chi connectivity index (χ1v) is 7.98. The van der Waals surface area contributed by atoms with Gasteiger partial charge >= 0.3 is 0 Å². The van der Waals surface area contributed by atoms with E-state index < -0.39 is 0 Å². The summed E-state index contributed by atoms with van der Waals surface area (Å²) in [4.78, 5) is 4.75. The third-order valence-corrected chi connectivity index (χ3v) is 3.92. The van der Waals surface area contributed by atoms with Crippen LogP contribution >= 0.6 is 0 Å². The standard InChI is InChI=1S/C21H17NO2/c1-3-9-16(10-4-1)19-15-23-21(22-19)18-13-7-8-14-20(18)24-17-11-5-2-6-12-17/h1-14,19H,15H2. The monoisotopic (exact) mass is 315 g/mol. The Kier molecular flexibility index (Phi) is 3.98. The van der Waals surface area contributed by atoms with Gasteiger partial charge in [0.05, 0.1) is 5.56 Å². The van der Waals surface area contributed by atoms with Crippen molar-refractivity contribution in [2.45, 2.75) is 6.04 Å². The maximum atomic E-state index is 6.00. The predicted octanol–water partition coefficient (Wildman–Crippen LogP) is 5.00. The minimum atomic E-state index is 0.0333. The molecule has 0 amide bonds. The van der Waals surface area contributed by atoms with E-state index in [1.54, 1.807) is 0 Å². The zero-order chi connectivity index (χ0) is 16.2. The van der Waals surface area contributed by atoms with Crippen molar-refractivity contribution >= 4 is 5.90 Å². The Hall–Kier alpha value is -3.07. The summed E-state index contributed by atoms with van der Waals surface area (Å²) >= 11 is 0. The summed E-state index contributed by atoms with van der Waals surface area (Å²) in [6, 6.07) is 27.8. The van der Waals surface area contributed by atoms with Gasteiger partial charge in [-0.15, -0.1) is 0 Å². The van der Waals surface area contributed by atoms with Crippen LogP contribution in [-0.2, 0) is 4.74 Å². The number of hydrogen-bond acceptors (Lipinski definition) is 3. The van der Waals surface area contributed by atoms with Crippen LogP contribution < -0.4 is 4.74 Å². The van der Waals surface area contributed by atoms with E-state index in [4.69, 9.17) is 14.5 Å². The molecule has 0 fully saturated rings. The second-order valence-electron chi connectivity index (χ2n) is 5.58. The van der Waals surface area contributed by atoms with Crippen molar-refractivity contribution in [3.63, 3.8) is 0 Å². The lowest BCUT2D eigenvalue weighted by molar-refractivity contribution is 0.319. The number of ether oxygens (including phenoxy) is 2. The maximum Gasteiger partial charge on any atom is 0.220 e. The van der Waals surface area contributed by atoms with Crippen LogP contribution in [0.2, 0.25) is 0 Å². The van der Waals surface area contributed by atoms with E-state index in [1.165, 1.54) is 0 Å². The third kappa shape index (κ3) is 3.01. The van der Waals surface area contributed by atoms with Gasteiger partial charge in [-0.2, -0.15) is 0 Å². The largest absolute Gasteiger partial charge is 0.475 e. The fourth-order valence-corrected chi connectivity index (χ4v) is 2.72. The predicted molar refractivity (Wildman–Crippen MR) is 94.6 cm³/mol. The molecule has 3 aromatic carbocycles. The summed E-state index contributed by atoms with van der Waals surface area (Å²) in [5, 5.41) is 0.